The molecule has 0 aliphatic heterocycles. The van der Waals surface area contributed by atoms with E-state index in [1.165, 1.54) is 32.9 Å². The summed E-state index contributed by atoms with van der Waals surface area (Å²) in [6.45, 7) is 8.09. The summed E-state index contributed by atoms with van der Waals surface area (Å²) in [5.41, 5.74) is -2.92. The smallest absolute Gasteiger partial charge is 0.335 e. The fraction of sp³-hybridized carbons (Fsp3) is 0.375. The fourth-order valence-electron chi connectivity index (χ4n) is 2.65. The van der Waals surface area contributed by atoms with Crippen LogP contribution in [0.15, 0.2) is 35.5 Å². The lowest BCUT2D eigenvalue weighted by Gasteiger charge is -2.45. The number of ketones is 1. The van der Waals surface area contributed by atoms with Gasteiger partial charge in [-0.3, -0.25) is 4.79 Å². The number of terminal acetylenes is 1. The Balaban J connectivity index is 3.78. The van der Waals surface area contributed by atoms with Gasteiger partial charge in [0.1, 0.15) is 5.60 Å². The van der Waals surface area contributed by atoms with Gasteiger partial charge in [-0.15, -0.1) is 6.42 Å². The summed E-state index contributed by atoms with van der Waals surface area (Å²) >= 11 is 0. The molecule has 0 amide bonds. The average molecular weight is 274 g/mol. The highest BCUT2D eigenvalue weighted by molar-refractivity contribution is 5.97. The summed E-state index contributed by atoms with van der Waals surface area (Å²) in [6, 6.07) is 0. The second kappa shape index (κ2) is 5.10. The van der Waals surface area contributed by atoms with Crippen LogP contribution in [0.25, 0.3) is 0 Å². The molecule has 0 radical (unpaired) electrons. The molecule has 1 aliphatic carbocycles. The Morgan fingerprint density at radius 1 is 1.60 bits per heavy atom. The van der Waals surface area contributed by atoms with Crippen molar-refractivity contribution in [1.82, 2.24) is 0 Å². The Morgan fingerprint density at radius 3 is 2.55 bits per heavy atom. The monoisotopic (exact) mass is 274 g/mol. The predicted octanol–water partition coefficient (Wildman–Crippen LogP) is 1.86. The maximum Gasteiger partial charge on any atom is 0.335 e. The number of aliphatic hydroxyl groups is 1. The predicted molar refractivity (Wildman–Crippen MR) is 75.8 cm³/mol. The van der Waals surface area contributed by atoms with Crippen LogP contribution in [0, 0.1) is 17.8 Å². The first-order valence-corrected chi connectivity index (χ1v) is 6.13. The molecule has 2 N–H and O–H groups in total. The third-order valence-corrected chi connectivity index (χ3v) is 3.87. The van der Waals surface area contributed by atoms with E-state index < -0.39 is 17.0 Å². The third-order valence-electron chi connectivity index (χ3n) is 3.87. The Labute approximate surface area is 118 Å². The second-order valence-corrected chi connectivity index (χ2v) is 5.22. The number of hydrogen-bond donors (Lipinski definition) is 2. The minimum Gasteiger partial charge on any atom is -0.478 e. The number of allylic oxidation sites excluding steroid dienone is 3. The van der Waals surface area contributed by atoms with Crippen LogP contribution in [0.5, 0.6) is 0 Å². The van der Waals surface area contributed by atoms with Gasteiger partial charge in [0.05, 0.1) is 11.0 Å². The normalized spacial score (nSPS) is 30.9. The van der Waals surface area contributed by atoms with Gasteiger partial charge < -0.3 is 10.2 Å². The van der Waals surface area contributed by atoms with Crippen LogP contribution in [0.1, 0.15) is 27.2 Å². The molecular weight excluding hydrogens is 256 g/mol. The summed E-state index contributed by atoms with van der Waals surface area (Å²) in [4.78, 5) is 23.3. The lowest BCUT2D eigenvalue weighted by molar-refractivity contribution is -0.137. The van der Waals surface area contributed by atoms with E-state index in [0.29, 0.717) is 5.57 Å². The van der Waals surface area contributed by atoms with Crippen molar-refractivity contribution >= 4 is 11.8 Å². The first kappa shape index (κ1) is 15.9. The maximum absolute atomic E-state index is 11.7. The molecular formula is C16H18O4. The number of rotatable bonds is 3. The Kier molecular flexibility index (Phi) is 4.07. The van der Waals surface area contributed by atoms with Crippen LogP contribution in [-0.4, -0.2) is 27.6 Å². The van der Waals surface area contributed by atoms with Crippen molar-refractivity contribution in [2.75, 3.05) is 0 Å². The lowest BCUT2D eigenvalue weighted by atomic mass is 9.60. The van der Waals surface area contributed by atoms with Crippen molar-refractivity contribution in [2.24, 2.45) is 5.41 Å². The van der Waals surface area contributed by atoms with Crippen LogP contribution < -0.4 is 0 Å². The van der Waals surface area contributed by atoms with Crippen LogP contribution in [-0.2, 0) is 9.59 Å². The maximum atomic E-state index is 11.7. The Hall–Kier alpha value is -2.12. The van der Waals surface area contributed by atoms with Crippen molar-refractivity contribution in [3.8, 4) is 12.3 Å². The molecule has 0 fully saturated rings. The summed E-state index contributed by atoms with van der Waals surface area (Å²) in [6.07, 6.45) is 7.97. The van der Waals surface area contributed by atoms with Gasteiger partial charge in [0.2, 0.25) is 0 Å². The number of hydrogen-bond acceptors (Lipinski definition) is 3. The topological polar surface area (TPSA) is 74.6 Å². The van der Waals surface area contributed by atoms with Crippen molar-refractivity contribution < 1.29 is 19.8 Å². The van der Waals surface area contributed by atoms with Gasteiger partial charge in [-0.2, -0.15) is 0 Å². The molecule has 20 heavy (non-hydrogen) atoms. The van der Waals surface area contributed by atoms with E-state index in [9.17, 15) is 19.8 Å². The van der Waals surface area contributed by atoms with Gasteiger partial charge in [0, 0.05) is 6.42 Å². The molecule has 0 aromatic rings. The molecule has 0 spiro atoms. The van der Waals surface area contributed by atoms with E-state index in [0.717, 1.165) is 0 Å². The molecule has 0 saturated carbocycles. The molecule has 106 valence electrons. The van der Waals surface area contributed by atoms with E-state index >= 15 is 0 Å². The van der Waals surface area contributed by atoms with Crippen molar-refractivity contribution in [3.05, 3.63) is 35.5 Å². The quantitative estimate of drug-likeness (QED) is 0.468. The van der Waals surface area contributed by atoms with E-state index in [2.05, 4.69) is 12.5 Å². The third kappa shape index (κ3) is 2.10. The minimum absolute atomic E-state index is 0.113. The summed E-state index contributed by atoms with van der Waals surface area (Å²) in [7, 11) is 0. The first-order chi connectivity index (χ1) is 9.14. The Morgan fingerprint density at radius 2 is 2.15 bits per heavy atom. The summed E-state index contributed by atoms with van der Waals surface area (Å²) in [5, 5.41) is 20.5. The molecule has 0 aromatic carbocycles. The number of carbonyl (C=O) groups is 2. The SMILES string of the molecule is C#C[C@@]1(C)CC(=O)C=C(C)[C@]1(O)C(C(=O)O)=C(C)C=C. The van der Waals surface area contributed by atoms with Crippen molar-refractivity contribution in [3.63, 3.8) is 0 Å². The average Bonchev–Trinajstić information content (AvgIpc) is 2.35. The van der Waals surface area contributed by atoms with Crippen LogP contribution in [0.3, 0.4) is 0 Å². The lowest BCUT2D eigenvalue weighted by Crippen LogP contribution is -2.53. The highest BCUT2D eigenvalue weighted by Crippen LogP contribution is 2.48. The molecule has 4 nitrogen and oxygen atoms in total. The standard InChI is InChI=1S/C16H18O4/c1-6-10(3)13(14(18)19)16(20)11(4)8-12(17)9-15(16,5)7-2/h2,6,8,20H,1,9H2,3-5H3,(H,18,19)/t15-,16-/m0/s1. The van der Waals surface area contributed by atoms with Gasteiger partial charge in [-0.25, -0.2) is 4.79 Å². The highest BCUT2D eigenvalue weighted by atomic mass is 16.4. The zero-order valence-electron chi connectivity index (χ0n) is 11.9. The first-order valence-electron chi connectivity index (χ1n) is 6.13. The summed E-state index contributed by atoms with van der Waals surface area (Å²) in [5.74, 6) is 0.891. The molecule has 0 unspecified atom stereocenters. The molecule has 0 aromatic heterocycles. The van der Waals surface area contributed by atoms with Gasteiger partial charge in [-0.1, -0.05) is 18.6 Å². The zero-order valence-corrected chi connectivity index (χ0v) is 11.9. The van der Waals surface area contributed by atoms with Gasteiger partial charge in [-0.05, 0) is 38.0 Å². The molecule has 0 saturated heterocycles. The largest absolute Gasteiger partial charge is 0.478 e. The highest BCUT2D eigenvalue weighted by Gasteiger charge is 2.55. The molecule has 1 aliphatic rings. The Bertz CT molecular complexity index is 588. The van der Waals surface area contributed by atoms with Crippen LogP contribution in [0.2, 0.25) is 0 Å². The van der Waals surface area contributed by atoms with Crippen LogP contribution in [0.4, 0.5) is 0 Å². The molecule has 0 bridgehead atoms. The molecule has 0 heterocycles. The molecule has 4 heteroatoms. The van der Waals surface area contributed by atoms with Gasteiger partial charge >= 0.3 is 5.97 Å². The second-order valence-electron chi connectivity index (χ2n) is 5.22. The van der Waals surface area contributed by atoms with Crippen LogP contribution >= 0.6 is 0 Å². The van der Waals surface area contributed by atoms with Crippen molar-refractivity contribution in [1.29, 1.82) is 0 Å². The van der Waals surface area contributed by atoms with E-state index in [4.69, 9.17) is 6.42 Å². The number of carboxylic acids is 1. The van der Waals surface area contributed by atoms with E-state index in [-0.39, 0.29) is 23.4 Å². The number of aliphatic carboxylic acids is 1. The van der Waals surface area contributed by atoms with Gasteiger partial charge in [0.25, 0.3) is 0 Å². The fourth-order valence-corrected chi connectivity index (χ4v) is 2.65. The number of carboxylic acid groups (broad SMARTS) is 1. The molecule has 2 atom stereocenters. The zero-order chi connectivity index (χ0) is 15.7. The molecule has 1 rings (SSSR count). The van der Waals surface area contributed by atoms with Gasteiger partial charge in [0.15, 0.2) is 5.78 Å². The van der Waals surface area contributed by atoms with E-state index in [1.54, 1.807) is 0 Å². The van der Waals surface area contributed by atoms with E-state index in [1.807, 2.05) is 0 Å². The van der Waals surface area contributed by atoms with Crippen molar-refractivity contribution in [2.45, 2.75) is 32.8 Å². The number of carbonyl (C=O) groups excluding carboxylic acids is 1. The minimum atomic E-state index is -1.90. The summed E-state index contributed by atoms with van der Waals surface area (Å²) < 4.78 is 0.